The molecule has 0 saturated carbocycles. The first-order chi connectivity index (χ1) is 13.0. The van der Waals surface area contributed by atoms with Crippen LogP contribution in [0.1, 0.15) is 21.6 Å². The molecule has 138 valence electrons. The predicted molar refractivity (Wildman–Crippen MR) is 108 cm³/mol. The molecule has 0 radical (unpaired) electrons. The maximum atomic E-state index is 12.4. The fraction of sp³-hybridized carbons (Fsp3) is 0.190. The van der Waals surface area contributed by atoms with E-state index in [4.69, 9.17) is 0 Å². The number of carbonyl (C=O) groups is 1. The molecular weight excluding hydrogens is 338 g/mol. The van der Waals surface area contributed by atoms with Gasteiger partial charge in [0.15, 0.2) is 0 Å². The Balaban J connectivity index is 1.65. The second kappa shape index (κ2) is 8.31. The first-order valence-corrected chi connectivity index (χ1v) is 8.72. The third-order valence-corrected chi connectivity index (χ3v) is 4.26. The third kappa shape index (κ3) is 4.82. The molecule has 0 aliphatic carbocycles. The Bertz CT molecular complexity index is 922. The third-order valence-electron chi connectivity index (χ3n) is 4.26. The molecule has 0 spiro atoms. The molecule has 0 aliphatic heterocycles. The van der Waals surface area contributed by atoms with E-state index in [9.17, 15) is 4.79 Å². The summed E-state index contributed by atoms with van der Waals surface area (Å²) in [6.45, 7) is 2.49. The Morgan fingerprint density at radius 2 is 1.78 bits per heavy atom. The van der Waals surface area contributed by atoms with E-state index in [0.29, 0.717) is 18.1 Å². The van der Waals surface area contributed by atoms with Crippen molar-refractivity contribution in [3.05, 3.63) is 77.7 Å². The van der Waals surface area contributed by atoms with Crippen molar-refractivity contribution in [2.75, 3.05) is 24.3 Å². The average molecular weight is 361 g/mol. The number of nitrogens with one attached hydrogen (secondary N) is 2. The summed E-state index contributed by atoms with van der Waals surface area (Å²) in [6, 6.07) is 17.6. The molecule has 0 bridgehead atoms. The maximum Gasteiger partial charge on any atom is 0.270 e. The summed E-state index contributed by atoms with van der Waals surface area (Å²) < 4.78 is 0. The molecule has 0 aliphatic rings. The van der Waals surface area contributed by atoms with Gasteiger partial charge in [-0.3, -0.25) is 4.79 Å². The zero-order chi connectivity index (χ0) is 19.2. The minimum Gasteiger partial charge on any atom is -0.378 e. The lowest BCUT2D eigenvalue weighted by Crippen LogP contribution is -2.24. The van der Waals surface area contributed by atoms with Crippen LogP contribution in [0, 0.1) is 6.92 Å². The highest BCUT2D eigenvalue weighted by Crippen LogP contribution is 2.19. The van der Waals surface area contributed by atoms with Crippen LogP contribution in [0.3, 0.4) is 0 Å². The zero-order valence-corrected chi connectivity index (χ0v) is 15.7. The molecule has 6 nitrogen and oxygen atoms in total. The highest BCUT2D eigenvalue weighted by Gasteiger charge is 2.09. The van der Waals surface area contributed by atoms with Gasteiger partial charge in [-0.1, -0.05) is 24.3 Å². The van der Waals surface area contributed by atoms with Crippen LogP contribution in [-0.4, -0.2) is 30.0 Å². The molecule has 3 rings (SSSR count). The normalized spacial score (nSPS) is 10.3. The summed E-state index contributed by atoms with van der Waals surface area (Å²) in [7, 11) is 3.99. The lowest BCUT2D eigenvalue weighted by Gasteiger charge is -2.13. The topological polar surface area (TPSA) is 70.2 Å². The SMILES string of the molecule is Cc1ccccc1CNC(=O)c1cc(Nc2ccc(N(C)C)cc2)ncn1. The van der Waals surface area contributed by atoms with Crippen LogP contribution in [-0.2, 0) is 6.54 Å². The summed E-state index contributed by atoms with van der Waals surface area (Å²) in [4.78, 5) is 22.7. The molecule has 2 N–H and O–H groups in total. The smallest absolute Gasteiger partial charge is 0.270 e. The lowest BCUT2D eigenvalue weighted by molar-refractivity contribution is 0.0945. The Kier molecular flexibility index (Phi) is 5.66. The van der Waals surface area contributed by atoms with E-state index in [1.54, 1.807) is 6.07 Å². The number of amides is 1. The lowest BCUT2D eigenvalue weighted by atomic mass is 10.1. The largest absolute Gasteiger partial charge is 0.378 e. The Labute approximate surface area is 159 Å². The number of anilines is 3. The minimum absolute atomic E-state index is 0.230. The van der Waals surface area contributed by atoms with Gasteiger partial charge in [-0.25, -0.2) is 9.97 Å². The molecule has 3 aromatic rings. The van der Waals surface area contributed by atoms with Crippen LogP contribution in [0.4, 0.5) is 17.2 Å². The summed E-state index contributed by atoms with van der Waals surface area (Å²) in [5.74, 6) is 0.343. The predicted octanol–water partition coefficient (Wildman–Crippen LogP) is 3.52. The van der Waals surface area contributed by atoms with Gasteiger partial charge in [0.05, 0.1) is 0 Å². The standard InChI is InChI=1S/C21H23N5O/c1-15-6-4-5-7-16(15)13-22-21(27)19-12-20(24-14-23-19)25-17-8-10-18(11-9-17)26(2)3/h4-12,14H,13H2,1-3H3,(H,22,27)(H,23,24,25). The van der Waals surface area contributed by atoms with E-state index in [-0.39, 0.29) is 5.91 Å². The highest BCUT2D eigenvalue weighted by molar-refractivity contribution is 5.92. The number of carbonyl (C=O) groups excluding carboxylic acids is 1. The Morgan fingerprint density at radius 3 is 2.48 bits per heavy atom. The number of rotatable bonds is 6. The van der Waals surface area contributed by atoms with Crippen LogP contribution in [0.15, 0.2) is 60.9 Å². The molecule has 6 heteroatoms. The molecule has 0 atom stereocenters. The van der Waals surface area contributed by atoms with Crippen molar-refractivity contribution in [2.45, 2.75) is 13.5 Å². The molecule has 1 heterocycles. The monoisotopic (exact) mass is 361 g/mol. The summed E-state index contributed by atoms with van der Waals surface area (Å²) in [5, 5.41) is 6.10. The molecule has 0 unspecified atom stereocenters. The second-order valence-electron chi connectivity index (χ2n) is 6.46. The van der Waals surface area contributed by atoms with Crippen molar-refractivity contribution in [2.24, 2.45) is 0 Å². The van der Waals surface area contributed by atoms with Gasteiger partial charge in [0.25, 0.3) is 5.91 Å². The first kappa shape index (κ1) is 18.4. The molecule has 1 amide bonds. The highest BCUT2D eigenvalue weighted by atomic mass is 16.1. The summed E-state index contributed by atoms with van der Waals surface area (Å²) in [5.41, 5.74) is 4.55. The van der Waals surface area contributed by atoms with Crippen molar-refractivity contribution in [3.63, 3.8) is 0 Å². The molecule has 0 saturated heterocycles. The van der Waals surface area contributed by atoms with Crippen molar-refractivity contribution in [3.8, 4) is 0 Å². The maximum absolute atomic E-state index is 12.4. The number of nitrogens with zero attached hydrogens (tertiary/aromatic N) is 3. The van der Waals surface area contributed by atoms with Crippen molar-refractivity contribution >= 4 is 23.1 Å². The van der Waals surface area contributed by atoms with Gasteiger partial charge in [0.2, 0.25) is 0 Å². The van der Waals surface area contributed by atoms with Crippen molar-refractivity contribution < 1.29 is 4.79 Å². The van der Waals surface area contributed by atoms with Crippen LogP contribution >= 0.6 is 0 Å². The van der Waals surface area contributed by atoms with E-state index in [1.165, 1.54) is 6.33 Å². The molecule has 1 aromatic heterocycles. The van der Waals surface area contributed by atoms with Gasteiger partial charge in [0, 0.05) is 38.1 Å². The van der Waals surface area contributed by atoms with Gasteiger partial charge in [0.1, 0.15) is 17.8 Å². The van der Waals surface area contributed by atoms with Crippen LogP contribution in [0.2, 0.25) is 0 Å². The fourth-order valence-electron chi connectivity index (χ4n) is 2.62. The van der Waals surface area contributed by atoms with E-state index in [0.717, 1.165) is 22.5 Å². The number of aryl methyl sites for hydroxylation is 1. The van der Waals surface area contributed by atoms with Gasteiger partial charge in [-0.05, 0) is 42.3 Å². The number of hydrogen-bond acceptors (Lipinski definition) is 5. The van der Waals surface area contributed by atoms with Gasteiger partial charge in [-0.2, -0.15) is 0 Å². The molecule has 2 aromatic carbocycles. The van der Waals surface area contributed by atoms with Crippen LogP contribution < -0.4 is 15.5 Å². The first-order valence-electron chi connectivity index (χ1n) is 8.72. The average Bonchev–Trinajstić information content (AvgIpc) is 2.68. The van der Waals surface area contributed by atoms with E-state index < -0.39 is 0 Å². The molecule has 0 fully saturated rings. The second-order valence-corrected chi connectivity index (χ2v) is 6.46. The summed E-state index contributed by atoms with van der Waals surface area (Å²) in [6.07, 6.45) is 1.39. The van der Waals surface area contributed by atoms with Crippen molar-refractivity contribution in [1.82, 2.24) is 15.3 Å². The van der Waals surface area contributed by atoms with Gasteiger partial charge >= 0.3 is 0 Å². The number of hydrogen-bond donors (Lipinski definition) is 2. The number of aromatic nitrogens is 2. The van der Waals surface area contributed by atoms with E-state index >= 15 is 0 Å². The van der Waals surface area contributed by atoms with E-state index in [2.05, 4.69) is 20.6 Å². The quantitative estimate of drug-likeness (QED) is 0.703. The Morgan fingerprint density at radius 1 is 1.04 bits per heavy atom. The zero-order valence-electron chi connectivity index (χ0n) is 15.7. The Hall–Kier alpha value is -3.41. The van der Waals surface area contributed by atoms with E-state index in [1.807, 2.05) is 74.4 Å². The van der Waals surface area contributed by atoms with Crippen LogP contribution in [0.5, 0.6) is 0 Å². The van der Waals surface area contributed by atoms with Gasteiger partial charge < -0.3 is 15.5 Å². The van der Waals surface area contributed by atoms with Gasteiger partial charge in [-0.15, -0.1) is 0 Å². The summed E-state index contributed by atoms with van der Waals surface area (Å²) >= 11 is 0. The molecule has 27 heavy (non-hydrogen) atoms. The fourth-order valence-corrected chi connectivity index (χ4v) is 2.62. The molecular formula is C21H23N5O. The van der Waals surface area contributed by atoms with Crippen molar-refractivity contribution in [1.29, 1.82) is 0 Å². The minimum atomic E-state index is -0.230. The number of benzene rings is 2. The van der Waals surface area contributed by atoms with Crippen LogP contribution in [0.25, 0.3) is 0 Å².